The van der Waals surface area contributed by atoms with Gasteiger partial charge in [-0.25, -0.2) is 0 Å². The highest BCUT2D eigenvalue weighted by atomic mass is 32.2. The van der Waals surface area contributed by atoms with Crippen molar-refractivity contribution in [3.8, 4) is 0 Å². The zero-order chi connectivity index (χ0) is 17.2. The lowest BCUT2D eigenvalue weighted by atomic mass is 9.96. The van der Waals surface area contributed by atoms with Gasteiger partial charge in [0.15, 0.2) is 0 Å². The molecule has 24 heavy (non-hydrogen) atoms. The van der Waals surface area contributed by atoms with Gasteiger partial charge in [-0.3, -0.25) is 0 Å². The van der Waals surface area contributed by atoms with Crippen LogP contribution in [-0.2, 0) is 10.0 Å². The first-order valence-corrected chi connectivity index (χ1v) is 9.39. The van der Waals surface area contributed by atoms with Crippen molar-refractivity contribution in [1.82, 2.24) is 5.32 Å². The van der Waals surface area contributed by atoms with E-state index in [2.05, 4.69) is 41.0 Å². The standard InChI is InChI=1S/C18H21N3O2S/c1-13(2)18(14-8-4-3-5-9-14)19-12-17-20-15-10-6-7-11-16(15)24(22,23)21-17/h3-11,13,18-19H,12H2,1-2H3,(H,20,21)/t18-/m1/s1. The zero-order valence-electron chi connectivity index (χ0n) is 13.7. The highest BCUT2D eigenvalue weighted by molar-refractivity contribution is 7.90. The van der Waals surface area contributed by atoms with Crippen molar-refractivity contribution >= 4 is 21.5 Å². The van der Waals surface area contributed by atoms with E-state index in [0.717, 1.165) is 0 Å². The molecule has 1 heterocycles. The molecule has 126 valence electrons. The maximum atomic E-state index is 12.3. The van der Waals surface area contributed by atoms with E-state index in [4.69, 9.17) is 0 Å². The van der Waals surface area contributed by atoms with Gasteiger partial charge in [0, 0.05) is 6.04 Å². The molecule has 0 fully saturated rings. The van der Waals surface area contributed by atoms with Gasteiger partial charge in [0.05, 0.1) is 12.2 Å². The van der Waals surface area contributed by atoms with Crippen LogP contribution >= 0.6 is 0 Å². The van der Waals surface area contributed by atoms with E-state index in [-0.39, 0.29) is 10.9 Å². The van der Waals surface area contributed by atoms with E-state index in [1.165, 1.54) is 5.56 Å². The maximum absolute atomic E-state index is 12.3. The minimum absolute atomic E-state index is 0.121. The van der Waals surface area contributed by atoms with Crippen LogP contribution in [-0.4, -0.2) is 20.8 Å². The van der Waals surface area contributed by atoms with Gasteiger partial charge in [0.25, 0.3) is 10.0 Å². The van der Waals surface area contributed by atoms with Gasteiger partial charge in [-0.15, -0.1) is 4.40 Å². The topological polar surface area (TPSA) is 70.6 Å². The fourth-order valence-corrected chi connectivity index (χ4v) is 4.00. The van der Waals surface area contributed by atoms with Crippen LogP contribution in [0.1, 0.15) is 25.5 Å². The van der Waals surface area contributed by atoms with Crippen molar-refractivity contribution < 1.29 is 8.42 Å². The number of para-hydroxylation sites is 1. The number of anilines is 1. The van der Waals surface area contributed by atoms with Crippen LogP contribution in [0, 0.1) is 5.92 Å². The summed E-state index contributed by atoms with van der Waals surface area (Å²) in [5.74, 6) is 0.774. The summed E-state index contributed by atoms with van der Waals surface area (Å²) in [6, 6.07) is 17.1. The summed E-state index contributed by atoms with van der Waals surface area (Å²) in [4.78, 5) is 0.220. The van der Waals surface area contributed by atoms with Crippen molar-refractivity contribution in [3.63, 3.8) is 0 Å². The SMILES string of the molecule is CC(C)[C@@H](NCC1=NS(=O)(=O)c2ccccc2N1)c1ccccc1. The molecular weight excluding hydrogens is 322 g/mol. The fraction of sp³-hybridized carbons (Fsp3) is 0.278. The lowest BCUT2D eigenvalue weighted by molar-refractivity contribution is 0.433. The van der Waals surface area contributed by atoms with Gasteiger partial charge in [0.1, 0.15) is 10.7 Å². The molecule has 0 amide bonds. The largest absolute Gasteiger partial charge is 0.341 e. The molecule has 2 N–H and O–H groups in total. The Bertz CT molecular complexity index is 846. The highest BCUT2D eigenvalue weighted by Gasteiger charge is 2.25. The van der Waals surface area contributed by atoms with E-state index >= 15 is 0 Å². The first-order chi connectivity index (χ1) is 11.5. The van der Waals surface area contributed by atoms with Gasteiger partial charge in [-0.2, -0.15) is 8.42 Å². The summed E-state index contributed by atoms with van der Waals surface area (Å²) in [5, 5.41) is 6.52. The molecule has 5 nitrogen and oxygen atoms in total. The summed E-state index contributed by atoms with van der Waals surface area (Å²) < 4.78 is 28.4. The van der Waals surface area contributed by atoms with Crippen LogP contribution in [0.3, 0.4) is 0 Å². The van der Waals surface area contributed by atoms with Crippen molar-refractivity contribution in [2.24, 2.45) is 10.3 Å². The number of rotatable bonds is 5. The van der Waals surface area contributed by atoms with E-state index in [0.29, 0.717) is 24.0 Å². The molecule has 2 aromatic carbocycles. The van der Waals surface area contributed by atoms with E-state index in [1.807, 2.05) is 18.2 Å². The Labute approximate surface area is 142 Å². The Morgan fingerprint density at radius 3 is 2.42 bits per heavy atom. The summed E-state index contributed by atoms with van der Waals surface area (Å²) in [6.07, 6.45) is 0. The smallest absolute Gasteiger partial charge is 0.286 e. The molecule has 0 saturated carbocycles. The molecule has 1 aliphatic rings. The average Bonchev–Trinajstić information content (AvgIpc) is 2.55. The molecule has 2 aromatic rings. The number of hydrogen-bond acceptors (Lipinski definition) is 4. The van der Waals surface area contributed by atoms with Gasteiger partial charge >= 0.3 is 0 Å². The average molecular weight is 343 g/mol. The molecule has 0 radical (unpaired) electrons. The number of nitrogens with zero attached hydrogens (tertiary/aromatic N) is 1. The summed E-state index contributed by atoms with van der Waals surface area (Å²) in [7, 11) is -3.64. The molecule has 0 aromatic heterocycles. The molecule has 6 heteroatoms. The van der Waals surface area contributed by atoms with E-state index in [9.17, 15) is 8.42 Å². The van der Waals surface area contributed by atoms with Gasteiger partial charge < -0.3 is 10.6 Å². The number of fused-ring (bicyclic) bond motifs is 1. The Morgan fingerprint density at radius 1 is 1.04 bits per heavy atom. The van der Waals surface area contributed by atoms with Crippen LogP contribution in [0.4, 0.5) is 5.69 Å². The first kappa shape index (κ1) is 16.7. The van der Waals surface area contributed by atoms with Gasteiger partial charge in [-0.1, -0.05) is 56.3 Å². The summed E-state index contributed by atoms with van der Waals surface area (Å²) in [5.41, 5.74) is 1.75. The maximum Gasteiger partial charge on any atom is 0.286 e. The normalized spacial score (nSPS) is 16.9. The lowest BCUT2D eigenvalue weighted by Gasteiger charge is -2.25. The Morgan fingerprint density at radius 2 is 1.71 bits per heavy atom. The number of nitrogens with one attached hydrogen (secondary N) is 2. The zero-order valence-corrected chi connectivity index (χ0v) is 14.5. The molecule has 0 bridgehead atoms. The molecule has 3 rings (SSSR count). The molecule has 1 atom stereocenters. The van der Waals surface area contributed by atoms with Crippen LogP contribution in [0.2, 0.25) is 0 Å². The van der Waals surface area contributed by atoms with Crippen molar-refractivity contribution in [2.45, 2.75) is 24.8 Å². The highest BCUT2D eigenvalue weighted by Crippen LogP contribution is 2.27. The number of amidine groups is 1. The first-order valence-electron chi connectivity index (χ1n) is 7.95. The third-order valence-electron chi connectivity index (χ3n) is 3.99. The molecule has 0 spiro atoms. The monoisotopic (exact) mass is 343 g/mol. The van der Waals surface area contributed by atoms with E-state index < -0.39 is 10.0 Å². The molecule has 0 saturated heterocycles. The summed E-state index contributed by atoms with van der Waals surface area (Å²) >= 11 is 0. The van der Waals surface area contributed by atoms with Crippen LogP contribution in [0.15, 0.2) is 63.9 Å². The third-order valence-corrected chi connectivity index (χ3v) is 5.36. The van der Waals surface area contributed by atoms with Crippen molar-refractivity contribution in [2.75, 3.05) is 11.9 Å². The van der Waals surface area contributed by atoms with Crippen LogP contribution in [0.25, 0.3) is 0 Å². The third kappa shape index (κ3) is 3.49. The number of sulfonamides is 1. The molecular formula is C18H21N3O2S. The molecule has 0 aliphatic carbocycles. The van der Waals surface area contributed by atoms with Crippen LogP contribution in [0.5, 0.6) is 0 Å². The number of benzene rings is 2. The van der Waals surface area contributed by atoms with Gasteiger partial charge in [-0.05, 0) is 23.6 Å². The molecule has 1 aliphatic heterocycles. The Kier molecular flexibility index (Phi) is 4.69. The predicted octanol–water partition coefficient (Wildman–Crippen LogP) is 3.19. The second-order valence-electron chi connectivity index (χ2n) is 6.15. The second-order valence-corrected chi connectivity index (χ2v) is 7.72. The minimum atomic E-state index is -3.64. The quantitative estimate of drug-likeness (QED) is 0.875. The summed E-state index contributed by atoms with van der Waals surface area (Å²) in [6.45, 7) is 4.62. The fourth-order valence-electron chi connectivity index (χ4n) is 2.85. The Balaban J connectivity index is 1.78. The predicted molar refractivity (Wildman–Crippen MR) is 96.7 cm³/mol. The second kappa shape index (κ2) is 6.75. The molecule has 0 unspecified atom stereocenters. The van der Waals surface area contributed by atoms with Crippen molar-refractivity contribution in [3.05, 3.63) is 60.2 Å². The lowest BCUT2D eigenvalue weighted by Crippen LogP contribution is -2.35. The Hall–Kier alpha value is -2.18. The van der Waals surface area contributed by atoms with Crippen LogP contribution < -0.4 is 10.6 Å². The minimum Gasteiger partial charge on any atom is -0.341 e. The van der Waals surface area contributed by atoms with Gasteiger partial charge in [0.2, 0.25) is 0 Å². The number of hydrogen-bond donors (Lipinski definition) is 2. The van der Waals surface area contributed by atoms with Crippen molar-refractivity contribution in [1.29, 1.82) is 0 Å². The van der Waals surface area contributed by atoms with E-state index in [1.54, 1.807) is 24.3 Å².